The molecule has 0 saturated carbocycles. The second-order valence-electron chi connectivity index (χ2n) is 2.23. The van der Waals surface area contributed by atoms with Crippen LogP contribution < -0.4 is 16.4 Å². The number of hydrogen-bond donors (Lipinski definition) is 3. The van der Waals surface area contributed by atoms with Crippen molar-refractivity contribution in [3.8, 4) is 0 Å². The van der Waals surface area contributed by atoms with Gasteiger partial charge < -0.3 is 16.4 Å². The zero-order valence-electron chi connectivity index (χ0n) is 6.89. The Morgan fingerprint density at radius 1 is 1.64 bits per heavy atom. The Balaban J connectivity index is 0. The molecule has 0 aromatic heterocycles. The lowest BCUT2D eigenvalue weighted by Crippen LogP contribution is -2.41. The first-order valence-electron chi connectivity index (χ1n) is 3.34. The lowest BCUT2D eigenvalue weighted by molar-refractivity contribution is -0.120. The molecule has 1 amide bonds. The molecule has 0 aliphatic heterocycles. The van der Waals surface area contributed by atoms with Crippen LogP contribution in [-0.2, 0) is 4.79 Å². The molecule has 68 valence electrons. The van der Waals surface area contributed by atoms with E-state index in [1.165, 1.54) is 0 Å². The zero-order chi connectivity index (χ0) is 7.98. The summed E-state index contributed by atoms with van der Waals surface area (Å²) in [6.07, 6.45) is 0. The van der Waals surface area contributed by atoms with Gasteiger partial charge in [-0.05, 0) is 14.0 Å². The fourth-order valence-corrected chi connectivity index (χ4v) is 0.545. The average molecular weight is 182 g/mol. The van der Waals surface area contributed by atoms with E-state index in [0.29, 0.717) is 13.1 Å². The van der Waals surface area contributed by atoms with Gasteiger partial charge in [0.2, 0.25) is 5.91 Å². The molecule has 4 nitrogen and oxygen atoms in total. The van der Waals surface area contributed by atoms with E-state index in [4.69, 9.17) is 5.73 Å². The van der Waals surface area contributed by atoms with Crippen LogP contribution in [0.25, 0.3) is 0 Å². The molecule has 0 unspecified atom stereocenters. The van der Waals surface area contributed by atoms with Crippen LogP contribution in [0.1, 0.15) is 6.92 Å². The van der Waals surface area contributed by atoms with Gasteiger partial charge in [0.05, 0.1) is 6.54 Å². The smallest absolute Gasteiger partial charge is 0.234 e. The topological polar surface area (TPSA) is 67.2 Å². The number of likely N-dealkylation sites (N-methyl/N-ethyl adjacent to an activating group) is 1. The van der Waals surface area contributed by atoms with Crippen LogP contribution in [0.15, 0.2) is 0 Å². The molecule has 0 radical (unpaired) electrons. The fraction of sp³-hybridized carbons (Fsp3) is 0.833. The summed E-state index contributed by atoms with van der Waals surface area (Å²) in [4.78, 5) is 10.8. The largest absolute Gasteiger partial charge is 0.351 e. The van der Waals surface area contributed by atoms with Crippen molar-refractivity contribution in [3.63, 3.8) is 0 Å². The van der Waals surface area contributed by atoms with Crippen LogP contribution in [0.5, 0.6) is 0 Å². The van der Waals surface area contributed by atoms with Crippen molar-refractivity contribution in [2.75, 3.05) is 20.1 Å². The van der Waals surface area contributed by atoms with E-state index in [2.05, 4.69) is 10.6 Å². The van der Waals surface area contributed by atoms with E-state index < -0.39 is 0 Å². The molecule has 0 aliphatic carbocycles. The molecule has 1 atom stereocenters. The quantitative estimate of drug-likeness (QED) is 0.526. The summed E-state index contributed by atoms with van der Waals surface area (Å²) < 4.78 is 0. The number of nitrogens with two attached hydrogens (primary N) is 1. The predicted molar refractivity (Wildman–Crippen MR) is 47.8 cm³/mol. The predicted octanol–water partition coefficient (Wildman–Crippen LogP) is -0.909. The van der Waals surface area contributed by atoms with Crippen LogP contribution in [0.3, 0.4) is 0 Å². The highest BCUT2D eigenvalue weighted by Gasteiger charge is 2.02. The molecular formula is C6H16ClN3O. The molecule has 0 aromatic carbocycles. The maximum absolute atomic E-state index is 10.8. The van der Waals surface area contributed by atoms with Crippen molar-refractivity contribution in [3.05, 3.63) is 0 Å². The summed E-state index contributed by atoms with van der Waals surface area (Å²) >= 11 is 0. The summed E-state index contributed by atoms with van der Waals surface area (Å²) in [5.74, 6) is -0.0135. The number of amides is 1. The van der Waals surface area contributed by atoms with E-state index in [-0.39, 0.29) is 24.4 Å². The summed E-state index contributed by atoms with van der Waals surface area (Å²) in [7, 11) is 1.73. The standard InChI is InChI=1S/C6H15N3O.ClH/c1-5(3-7)9-6(10)4-8-2;/h5,8H,3-4,7H2,1-2H3,(H,9,10);1H/t5-;/m1./s1. The van der Waals surface area contributed by atoms with E-state index in [1.807, 2.05) is 6.92 Å². The average Bonchev–Trinajstić information content (AvgIpc) is 1.88. The van der Waals surface area contributed by atoms with Crippen LogP contribution >= 0.6 is 12.4 Å². The lowest BCUT2D eigenvalue weighted by atomic mass is 10.3. The van der Waals surface area contributed by atoms with Gasteiger partial charge in [0.15, 0.2) is 0 Å². The molecule has 0 rings (SSSR count). The van der Waals surface area contributed by atoms with E-state index in [9.17, 15) is 4.79 Å². The summed E-state index contributed by atoms with van der Waals surface area (Å²) in [6, 6.07) is 0.0702. The highest BCUT2D eigenvalue weighted by atomic mass is 35.5. The van der Waals surface area contributed by atoms with Crippen molar-refractivity contribution >= 4 is 18.3 Å². The van der Waals surface area contributed by atoms with E-state index in [1.54, 1.807) is 7.05 Å². The van der Waals surface area contributed by atoms with Gasteiger partial charge >= 0.3 is 0 Å². The third kappa shape index (κ3) is 7.58. The summed E-state index contributed by atoms with van der Waals surface area (Å²) in [6.45, 7) is 2.70. The molecule has 0 heterocycles. The highest BCUT2D eigenvalue weighted by molar-refractivity contribution is 5.85. The van der Waals surface area contributed by atoms with Gasteiger partial charge in [-0.15, -0.1) is 12.4 Å². The van der Waals surface area contributed by atoms with Gasteiger partial charge in [0.1, 0.15) is 0 Å². The maximum Gasteiger partial charge on any atom is 0.234 e. The second kappa shape index (κ2) is 7.78. The maximum atomic E-state index is 10.8. The van der Waals surface area contributed by atoms with Crippen molar-refractivity contribution in [1.29, 1.82) is 0 Å². The van der Waals surface area contributed by atoms with Gasteiger partial charge in [0, 0.05) is 12.6 Å². The molecular weight excluding hydrogens is 166 g/mol. The van der Waals surface area contributed by atoms with Crippen LogP contribution in [0.4, 0.5) is 0 Å². The first-order chi connectivity index (χ1) is 4.70. The summed E-state index contributed by atoms with van der Waals surface area (Å²) in [5.41, 5.74) is 5.28. The first kappa shape index (κ1) is 13.3. The van der Waals surface area contributed by atoms with Gasteiger partial charge in [-0.3, -0.25) is 4.79 Å². The second-order valence-corrected chi connectivity index (χ2v) is 2.23. The van der Waals surface area contributed by atoms with Crippen LogP contribution in [0.2, 0.25) is 0 Å². The number of carbonyl (C=O) groups is 1. The minimum absolute atomic E-state index is 0. The van der Waals surface area contributed by atoms with Crippen LogP contribution in [-0.4, -0.2) is 32.1 Å². The molecule has 0 saturated heterocycles. The number of hydrogen-bond acceptors (Lipinski definition) is 3. The zero-order valence-corrected chi connectivity index (χ0v) is 7.70. The Kier molecular flexibility index (Phi) is 9.40. The molecule has 11 heavy (non-hydrogen) atoms. The molecule has 4 N–H and O–H groups in total. The lowest BCUT2D eigenvalue weighted by Gasteiger charge is -2.10. The fourth-order valence-electron chi connectivity index (χ4n) is 0.545. The third-order valence-corrected chi connectivity index (χ3v) is 1.10. The highest BCUT2D eigenvalue weighted by Crippen LogP contribution is 1.74. The first-order valence-corrected chi connectivity index (χ1v) is 3.34. The van der Waals surface area contributed by atoms with Gasteiger partial charge in [0.25, 0.3) is 0 Å². The Morgan fingerprint density at radius 3 is 2.55 bits per heavy atom. The molecule has 5 heteroatoms. The third-order valence-electron chi connectivity index (χ3n) is 1.10. The van der Waals surface area contributed by atoms with E-state index >= 15 is 0 Å². The molecule has 0 aliphatic rings. The normalized spacial score (nSPS) is 11.5. The molecule has 0 fully saturated rings. The van der Waals surface area contributed by atoms with Crippen molar-refractivity contribution in [2.24, 2.45) is 5.73 Å². The van der Waals surface area contributed by atoms with Crippen LogP contribution in [0, 0.1) is 0 Å². The number of halogens is 1. The van der Waals surface area contributed by atoms with Gasteiger partial charge in [-0.2, -0.15) is 0 Å². The molecule has 0 bridgehead atoms. The monoisotopic (exact) mass is 181 g/mol. The minimum Gasteiger partial charge on any atom is -0.351 e. The van der Waals surface area contributed by atoms with Crippen molar-refractivity contribution in [2.45, 2.75) is 13.0 Å². The SMILES string of the molecule is CNCC(=O)N[C@H](C)CN.Cl. The number of nitrogens with one attached hydrogen (secondary N) is 2. The number of carbonyl (C=O) groups excluding carboxylic acids is 1. The molecule has 0 spiro atoms. The summed E-state index contributed by atoms with van der Waals surface area (Å²) in [5, 5.41) is 5.45. The molecule has 0 aromatic rings. The minimum atomic E-state index is -0.0135. The van der Waals surface area contributed by atoms with Gasteiger partial charge in [-0.25, -0.2) is 0 Å². The number of rotatable bonds is 4. The Morgan fingerprint density at radius 2 is 2.18 bits per heavy atom. The Labute approximate surface area is 73.3 Å². The van der Waals surface area contributed by atoms with Crippen molar-refractivity contribution in [1.82, 2.24) is 10.6 Å². The Bertz CT molecular complexity index is 110. The van der Waals surface area contributed by atoms with E-state index in [0.717, 1.165) is 0 Å². The van der Waals surface area contributed by atoms with Crippen molar-refractivity contribution < 1.29 is 4.79 Å². The van der Waals surface area contributed by atoms with Gasteiger partial charge in [-0.1, -0.05) is 0 Å². The Hall–Kier alpha value is -0.320.